The van der Waals surface area contributed by atoms with Crippen molar-refractivity contribution in [3.8, 4) is 0 Å². The molecule has 2 aromatic rings. The summed E-state index contributed by atoms with van der Waals surface area (Å²) in [6, 6.07) is 4.27. The molecule has 1 unspecified atom stereocenters. The number of aromatic nitrogens is 1. The second-order valence-electron chi connectivity index (χ2n) is 4.42. The van der Waals surface area contributed by atoms with Crippen molar-refractivity contribution in [1.29, 1.82) is 0 Å². The second-order valence-corrected chi connectivity index (χ2v) is 4.42. The molecule has 1 N–H and O–H groups in total. The quantitative estimate of drug-likeness (QED) is 0.844. The van der Waals surface area contributed by atoms with E-state index in [1.54, 1.807) is 6.07 Å². The van der Waals surface area contributed by atoms with E-state index in [0.29, 0.717) is 30.8 Å². The zero-order chi connectivity index (χ0) is 12.7. The lowest BCUT2D eigenvalue weighted by Gasteiger charge is -2.10. The predicted molar refractivity (Wildman–Crippen MR) is 60.9 cm³/mol. The third-order valence-electron chi connectivity index (χ3n) is 3.31. The fraction of sp³-hybridized carbons (Fsp3) is 0.333. The number of likely N-dealkylation sites (tertiary alicyclic amines) is 1. The molecule has 3 rings (SSSR count). The van der Waals surface area contributed by atoms with Crippen molar-refractivity contribution in [2.24, 2.45) is 0 Å². The van der Waals surface area contributed by atoms with Crippen LogP contribution in [0.25, 0.3) is 11.0 Å². The number of rotatable bonds is 1. The Bertz CT molecular complexity index is 610. The molecular weight excluding hydrogens is 239 g/mol. The van der Waals surface area contributed by atoms with Crippen LogP contribution < -0.4 is 0 Å². The molecule has 0 aliphatic carbocycles. The van der Waals surface area contributed by atoms with Gasteiger partial charge in [0.05, 0.1) is 5.69 Å². The number of fused-ring (bicyclic) bond motifs is 1. The highest BCUT2D eigenvalue weighted by molar-refractivity contribution is 5.80. The van der Waals surface area contributed by atoms with Gasteiger partial charge in [-0.3, -0.25) is 0 Å². The van der Waals surface area contributed by atoms with Gasteiger partial charge >= 0.3 is 6.09 Å². The molecule has 1 atom stereocenters. The van der Waals surface area contributed by atoms with Crippen LogP contribution in [0, 0.1) is 5.82 Å². The minimum absolute atomic E-state index is 0.0211. The predicted octanol–water partition coefficient (Wildman–Crippen LogP) is 2.43. The van der Waals surface area contributed by atoms with Gasteiger partial charge in [0.1, 0.15) is 5.82 Å². The van der Waals surface area contributed by atoms with Gasteiger partial charge in [0, 0.05) is 30.5 Å². The summed E-state index contributed by atoms with van der Waals surface area (Å²) in [6.45, 7) is 0.907. The maximum absolute atomic E-state index is 13.0. The number of hydrogen-bond acceptors (Lipinski definition) is 3. The van der Waals surface area contributed by atoms with E-state index >= 15 is 0 Å². The lowest BCUT2D eigenvalue weighted by Crippen LogP contribution is -2.26. The third-order valence-corrected chi connectivity index (χ3v) is 3.31. The van der Waals surface area contributed by atoms with Crippen LogP contribution in [0.2, 0.25) is 0 Å². The summed E-state index contributed by atoms with van der Waals surface area (Å²) >= 11 is 0. The minimum Gasteiger partial charge on any atom is -0.465 e. The fourth-order valence-electron chi connectivity index (χ4n) is 2.38. The van der Waals surface area contributed by atoms with Crippen molar-refractivity contribution < 1.29 is 18.8 Å². The molecule has 1 fully saturated rings. The van der Waals surface area contributed by atoms with E-state index in [2.05, 4.69) is 5.16 Å². The van der Waals surface area contributed by atoms with Crippen molar-refractivity contribution in [3.63, 3.8) is 0 Å². The zero-order valence-corrected chi connectivity index (χ0v) is 9.47. The van der Waals surface area contributed by atoms with Gasteiger partial charge in [-0.1, -0.05) is 5.16 Å². The second kappa shape index (κ2) is 3.97. The highest BCUT2D eigenvalue weighted by Gasteiger charge is 2.30. The lowest BCUT2D eigenvalue weighted by molar-refractivity contribution is 0.155. The molecule has 1 aliphatic rings. The normalized spacial score (nSPS) is 19.6. The number of carboxylic acid groups (broad SMARTS) is 1. The molecule has 0 saturated carbocycles. The molecular formula is C12H11FN2O3. The molecule has 5 nitrogen and oxygen atoms in total. The van der Waals surface area contributed by atoms with Gasteiger partial charge in [0.15, 0.2) is 5.58 Å². The minimum atomic E-state index is -0.920. The van der Waals surface area contributed by atoms with Crippen LogP contribution in [0.5, 0.6) is 0 Å². The van der Waals surface area contributed by atoms with Crippen LogP contribution in [0.15, 0.2) is 22.7 Å². The molecule has 1 aromatic heterocycles. The Morgan fingerprint density at radius 2 is 2.39 bits per heavy atom. The van der Waals surface area contributed by atoms with E-state index in [0.717, 1.165) is 5.39 Å². The SMILES string of the molecule is O=C(O)N1CCC(c2noc3cc(F)ccc23)C1. The van der Waals surface area contributed by atoms with Crippen LogP contribution in [0.1, 0.15) is 18.0 Å². The standard InChI is InChI=1S/C12H11FN2O3/c13-8-1-2-9-10(5-8)18-14-11(9)7-3-4-15(6-7)12(16)17/h1-2,5,7H,3-4,6H2,(H,16,17). The molecule has 2 heterocycles. The van der Waals surface area contributed by atoms with Gasteiger partial charge in [-0.05, 0) is 18.6 Å². The van der Waals surface area contributed by atoms with E-state index in [4.69, 9.17) is 9.63 Å². The summed E-state index contributed by atoms with van der Waals surface area (Å²) in [7, 11) is 0. The molecule has 1 amide bonds. The van der Waals surface area contributed by atoms with Gasteiger partial charge in [-0.15, -0.1) is 0 Å². The monoisotopic (exact) mass is 250 g/mol. The Morgan fingerprint density at radius 3 is 3.11 bits per heavy atom. The summed E-state index contributed by atoms with van der Waals surface area (Å²) in [4.78, 5) is 12.2. The number of benzene rings is 1. The fourth-order valence-corrected chi connectivity index (χ4v) is 2.38. The number of amides is 1. The third kappa shape index (κ3) is 1.70. The van der Waals surface area contributed by atoms with Crippen LogP contribution in [0.3, 0.4) is 0 Å². The number of halogens is 1. The Kier molecular flexibility index (Phi) is 2.43. The summed E-state index contributed by atoms with van der Waals surface area (Å²) in [5, 5.41) is 13.6. The van der Waals surface area contributed by atoms with Crippen molar-refractivity contribution >= 4 is 17.1 Å². The van der Waals surface area contributed by atoms with Crippen LogP contribution in [0.4, 0.5) is 9.18 Å². The first-order chi connectivity index (χ1) is 8.65. The van der Waals surface area contributed by atoms with E-state index in [9.17, 15) is 9.18 Å². The van der Waals surface area contributed by atoms with E-state index in [1.807, 2.05) is 0 Å². The smallest absolute Gasteiger partial charge is 0.407 e. The first-order valence-electron chi connectivity index (χ1n) is 5.68. The van der Waals surface area contributed by atoms with Crippen LogP contribution in [-0.4, -0.2) is 34.3 Å². The van der Waals surface area contributed by atoms with E-state index in [1.165, 1.54) is 17.0 Å². The highest BCUT2D eigenvalue weighted by Crippen LogP contribution is 2.31. The average molecular weight is 250 g/mol. The highest BCUT2D eigenvalue weighted by atomic mass is 19.1. The number of hydrogen-bond donors (Lipinski definition) is 1. The molecule has 94 valence electrons. The maximum Gasteiger partial charge on any atom is 0.407 e. The van der Waals surface area contributed by atoms with Crippen molar-refractivity contribution in [1.82, 2.24) is 10.1 Å². The number of carbonyl (C=O) groups is 1. The maximum atomic E-state index is 13.0. The number of nitrogens with zero attached hydrogens (tertiary/aromatic N) is 2. The van der Waals surface area contributed by atoms with Gasteiger partial charge in [0.2, 0.25) is 0 Å². The molecule has 6 heteroatoms. The van der Waals surface area contributed by atoms with Crippen molar-refractivity contribution in [2.45, 2.75) is 12.3 Å². The molecule has 0 bridgehead atoms. The topological polar surface area (TPSA) is 66.6 Å². The molecule has 0 spiro atoms. The van der Waals surface area contributed by atoms with Crippen LogP contribution >= 0.6 is 0 Å². The summed E-state index contributed by atoms with van der Waals surface area (Å²) in [5.41, 5.74) is 1.12. The average Bonchev–Trinajstić information content (AvgIpc) is 2.92. The molecule has 1 aromatic carbocycles. The molecule has 1 aliphatic heterocycles. The Labute approximate surface area is 102 Å². The largest absolute Gasteiger partial charge is 0.465 e. The van der Waals surface area contributed by atoms with E-state index < -0.39 is 6.09 Å². The van der Waals surface area contributed by atoms with Crippen molar-refractivity contribution in [3.05, 3.63) is 29.7 Å². The lowest BCUT2D eigenvalue weighted by atomic mass is 10.0. The Hall–Kier alpha value is -2.11. The van der Waals surface area contributed by atoms with Gasteiger partial charge in [-0.25, -0.2) is 9.18 Å². The Morgan fingerprint density at radius 1 is 1.56 bits per heavy atom. The van der Waals surface area contributed by atoms with Crippen molar-refractivity contribution in [2.75, 3.05) is 13.1 Å². The Balaban J connectivity index is 1.94. The summed E-state index contributed by atoms with van der Waals surface area (Å²) in [6.07, 6.45) is -0.206. The van der Waals surface area contributed by atoms with E-state index in [-0.39, 0.29) is 11.7 Å². The first kappa shape index (κ1) is 11.0. The summed E-state index contributed by atoms with van der Waals surface area (Å²) in [5.74, 6) is -0.350. The van der Waals surface area contributed by atoms with Crippen LogP contribution in [-0.2, 0) is 0 Å². The molecule has 0 radical (unpaired) electrons. The van der Waals surface area contributed by atoms with Gasteiger partial charge in [-0.2, -0.15) is 0 Å². The van der Waals surface area contributed by atoms with Gasteiger partial charge in [0.25, 0.3) is 0 Å². The first-order valence-corrected chi connectivity index (χ1v) is 5.68. The summed E-state index contributed by atoms with van der Waals surface area (Å²) < 4.78 is 18.1. The zero-order valence-electron chi connectivity index (χ0n) is 9.47. The molecule has 1 saturated heterocycles. The molecule has 18 heavy (non-hydrogen) atoms. The van der Waals surface area contributed by atoms with Gasteiger partial charge < -0.3 is 14.5 Å².